The number of amides is 1. The number of carbonyl (C=O) groups is 1. The van der Waals surface area contributed by atoms with Crippen molar-refractivity contribution in [3.05, 3.63) is 77.2 Å². The van der Waals surface area contributed by atoms with Crippen LogP contribution in [-0.4, -0.2) is 65.5 Å². The lowest BCUT2D eigenvalue weighted by Gasteiger charge is -2.24. The summed E-state index contributed by atoms with van der Waals surface area (Å²) in [6.07, 6.45) is 5.32. The highest BCUT2D eigenvalue weighted by Gasteiger charge is 2.30. The van der Waals surface area contributed by atoms with E-state index in [0.29, 0.717) is 13.0 Å². The Labute approximate surface area is 213 Å². The SMILES string of the molecule is COc1cc2cc(c1)CN1CCC[C@H]1C(=O)NCCCN(C)Cc1ccc(cc1)-c1ccnc(n1)C2. The molecule has 4 heterocycles. The molecule has 1 saturated heterocycles. The summed E-state index contributed by atoms with van der Waals surface area (Å²) in [4.78, 5) is 27.0. The molecule has 6 bridgehead atoms. The van der Waals surface area contributed by atoms with Crippen molar-refractivity contribution < 1.29 is 9.53 Å². The van der Waals surface area contributed by atoms with Crippen molar-refractivity contribution in [2.45, 2.75) is 44.8 Å². The van der Waals surface area contributed by atoms with E-state index in [1.165, 1.54) is 5.56 Å². The summed E-state index contributed by atoms with van der Waals surface area (Å²) in [7, 11) is 3.82. The van der Waals surface area contributed by atoms with Crippen LogP contribution in [0.5, 0.6) is 5.75 Å². The molecule has 6 rings (SSSR count). The van der Waals surface area contributed by atoms with Gasteiger partial charge in [-0.25, -0.2) is 9.97 Å². The van der Waals surface area contributed by atoms with Crippen LogP contribution in [0.15, 0.2) is 54.7 Å². The van der Waals surface area contributed by atoms with Crippen molar-refractivity contribution in [1.29, 1.82) is 0 Å². The quantitative estimate of drug-likeness (QED) is 0.567. The van der Waals surface area contributed by atoms with Gasteiger partial charge in [-0.3, -0.25) is 9.69 Å². The average molecular weight is 486 g/mol. The summed E-state index contributed by atoms with van der Waals surface area (Å²) in [5, 5.41) is 3.18. The molecule has 3 aliphatic heterocycles. The van der Waals surface area contributed by atoms with Crippen molar-refractivity contribution in [2.24, 2.45) is 0 Å². The minimum atomic E-state index is -0.0789. The van der Waals surface area contributed by atoms with E-state index in [9.17, 15) is 4.79 Å². The molecule has 0 radical (unpaired) electrons. The van der Waals surface area contributed by atoms with Gasteiger partial charge in [0.15, 0.2) is 0 Å². The Kier molecular flexibility index (Phi) is 7.58. The molecule has 7 nitrogen and oxygen atoms in total. The highest BCUT2D eigenvalue weighted by atomic mass is 16.5. The standard InChI is InChI=1S/C29H35N5O2/c1-33-13-4-11-31-29(35)27-5-3-14-34(27)20-23-15-22(16-25(17-23)36-2)18-28-30-12-10-26(32-28)24-8-6-21(19-33)7-9-24/h6-10,12,15-17,27H,3-5,11,13-14,18-20H2,1-2H3,(H,31,35)/t27-/m0/s1. The largest absolute Gasteiger partial charge is 0.497 e. The first-order chi connectivity index (χ1) is 17.6. The van der Waals surface area contributed by atoms with Gasteiger partial charge in [0.25, 0.3) is 0 Å². The first-order valence-electron chi connectivity index (χ1n) is 12.9. The first kappa shape index (κ1) is 24.4. The molecule has 1 fully saturated rings. The molecular formula is C29H35N5O2. The van der Waals surface area contributed by atoms with E-state index >= 15 is 0 Å². The molecule has 3 aromatic rings. The van der Waals surface area contributed by atoms with Gasteiger partial charge in [0.2, 0.25) is 5.91 Å². The van der Waals surface area contributed by atoms with Crippen molar-refractivity contribution >= 4 is 5.91 Å². The molecule has 36 heavy (non-hydrogen) atoms. The fourth-order valence-corrected chi connectivity index (χ4v) is 5.26. The van der Waals surface area contributed by atoms with E-state index in [1.54, 1.807) is 7.11 Å². The third kappa shape index (κ3) is 5.91. The Morgan fingerprint density at radius 2 is 1.81 bits per heavy atom. The minimum absolute atomic E-state index is 0.0789. The molecule has 3 aliphatic rings. The van der Waals surface area contributed by atoms with Crippen LogP contribution < -0.4 is 10.1 Å². The van der Waals surface area contributed by atoms with Crippen molar-refractivity contribution in [3.8, 4) is 17.0 Å². The van der Waals surface area contributed by atoms with Gasteiger partial charge in [0, 0.05) is 37.8 Å². The smallest absolute Gasteiger partial charge is 0.237 e. The number of nitrogens with zero attached hydrogens (tertiary/aromatic N) is 4. The summed E-state index contributed by atoms with van der Waals surface area (Å²) in [5.41, 5.74) is 5.52. The average Bonchev–Trinajstić information content (AvgIpc) is 3.34. The third-order valence-corrected chi connectivity index (χ3v) is 7.10. The predicted octanol–water partition coefficient (Wildman–Crippen LogP) is 3.66. The van der Waals surface area contributed by atoms with Gasteiger partial charge < -0.3 is 15.0 Å². The van der Waals surface area contributed by atoms with E-state index in [4.69, 9.17) is 9.72 Å². The molecule has 2 aromatic carbocycles. The number of ether oxygens (including phenoxy) is 1. The molecule has 1 amide bonds. The molecule has 1 N–H and O–H groups in total. The maximum Gasteiger partial charge on any atom is 0.237 e. The highest BCUT2D eigenvalue weighted by Crippen LogP contribution is 2.25. The zero-order valence-corrected chi connectivity index (χ0v) is 21.2. The number of methoxy groups -OCH3 is 1. The number of benzene rings is 2. The fourth-order valence-electron chi connectivity index (χ4n) is 5.26. The number of hydrogen-bond acceptors (Lipinski definition) is 6. The molecule has 188 valence electrons. The van der Waals surface area contributed by atoms with Gasteiger partial charge in [0.05, 0.1) is 18.8 Å². The van der Waals surface area contributed by atoms with E-state index in [-0.39, 0.29) is 11.9 Å². The molecule has 1 atom stereocenters. The van der Waals surface area contributed by atoms with Crippen LogP contribution in [-0.2, 0) is 24.3 Å². The Balaban J connectivity index is 1.46. The fraction of sp³-hybridized carbons (Fsp3) is 0.414. The van der Waals surface area contributed by atoms with Gasteiger partial charge in [-0.2, -0.15) is 0 Å². The van der Waals surface area contributed by atoms with E-state index in [2.05, 4.69) is 69.6 Å². The second-order valence-corrected chi connectivity index (χ2v) is 9.93. The van der Waals surface area contributed by atoms with Crippen LogP contribution in [0, 0.1) is 0 Å². The molecule has 7 heteroatoms. The number of nitrogens with one attached hydrogen (secondary N) is 1. The van der Waals surface area contributed by atoms with Crippen LogP contribution in [0.4, 0.5) is 0 Å². The molecule has 1 aromatic heterocycles. The van der Waals surface area contributed by atoms with Gasteiger partial charge in [-0.1, -0.05) is 30.3 Å². The second-order valence-electron chi connectivity index (χ2n) is 9.93. The van der Waals surface area contributed by atoms with Crippen LogP contribution in [0.1, 0.15) is 41.8 Å². The molecule has 0 saturated carbocycles. The summed E-state index contributed by atoms with van der Waals surface area (Å²) in [6.45, 7) is 4.15. The second kappa shape index (κ2) is 11.2. The highest BCUT2D eigenvalue weighted by molar-refractivity contribution is 5.82. The Morgan fingerprint density at radius 3 is 2.64 bits per heavy atom. The zero-order chi connectivity index (χ0) is 24.9. The van der Waals surface area contributed by atoms with Crippen LogP contribution >= 0.6 is 0 Å². The monoisotopic (exact) mass is 485 g/mol. The van der Waals surface area contributed by atoms with Gasteiger partial charge in [-0.15, -0.1) is 0 Å². The topological polar surface area (TPSA) is 70.6 Å². The number of aromatic nitrogens is 2. The normalized spacial score (nSPS) is 19.8. The lowest BCUT2D eigenvalue weighted by Crippen LogP contribution is -2.43. The number of carbonyl (C=O) groups excluding carboxylic acids is 1. The maximum atomic E-state index is 13.0. The zero-order valence-electron chi connectivity index (χ0n) is 21.2. The van der Waals surface area contributed by atoms with Crippen LogP contribution in [0.3, 0.4) is 0 Å². The van der Waals surface area contributed by atoms with Crippen molar-refractivity contribution in [2.75, 3.05) is 33.8 Å². The van der Waals surface area contributed by atoms with E-state index in [0.717, 1.165) is 79.4 Å². The van der Waals surface area contributed by atoms with Crippen LogP contribution in [0.2, 0.25) is 0 Å². The van der Waals surface area contributed by atoms with Crippen molar-refractivity contribution in [1.82, 2.24) is 25.1 Å². The molecule has 0 aliphatic carbocycles. The molecule has 0 unspecified atom stereocenters. The number of rotatable bonds is 1. The van der Waals surface area contributed by atoms with Gasteiger partial charge >= 0.3 is 0 Å². The molecular weight excluding hydrogens is 450 g/mol. The van der Waals surface area contributed by atoms with E-state index in [1.807, 2.05) is 12.3 Å². The maximum absolute atomic E-state index is 13.0. The Morgan fingerprint density at radius 1 is 0.972 bits per heavy atom. The summed E-state index contributed by atoms with van der Waals surface area (Å²) < 4.78 is 5.61. The lowest BCUT2D eigenvalue weighted by molar-refractivity contribution is -0.125. The first-order valence-corrected chi connectivity index (χ1v) is 12.9. The van der Waals surface area contributed by atoms with Gasteiger partial charge in [-0.05, 0) is 74.3 Å². The predicted molar refractivity (Wildman–Crippen MR) is 141 cm³/mol. The lowest BCUT2D eigenvalue weighted by atomic mass is 10.1. The van der Waals surface area contributed by atoms with Crippen molar-refractivity contribution in [3.63, 3.8) is 0 Å². The third-order valence-electron chi connectivity index (χ3n) is 7.10. The molecule has 0 spiro atoms. The number of hydrogen-bond donors (Lipinski definition) is 1. The minimum Gasteiger partial charge on any atom is -0.497 e. The Hall–Kier alpha value is -3.29. The van der Waals surface area contributed by atoms with Crippen LogP contribution in [0.25, 0.3) is 11.3 Å². The van der Waals surface area contributed by atoms with Gasteiger partial charge in [0.1, 0.15) is 11.6 Å². The Bertz CT molecular complexity index is 1200. The summed E-state index contributed by atoms with van der Waals surface area (Å²) in [6, 6.07) is 16.8. The summed E-state index contributed by atoms with van der Waals surface area (Å²) >= 11 is 0. The summed E-state index contributed by atoms with van der Waals surface area (Å²) in [5.74, 6) is 1.74. The van der Waals surface area contributed by atoms with E-state index < -0.39 is 0 Å². The number of fused-ring (bicyclic) bond motifs is 8.